The van der Waals surface area contributed by atoms with Gasteiger partial charge in [0.05, 0.1) is 40.5 Å². The summed E-state index contributed by atoms with van der Waals surface area (Å²) in [6, 6.07) is 26.2. The van der Waals surface area contributed by atoms with Crippen molar-refractivity contribution in [3.05, 3.63) is 164 Å². The second kappa shape index (κ2) is 23.4. The molecule has 9 rings (SSSR count). The van der Waals surface area contributed by atoms with E-state index >= 15 is 0 Å². The molecule has 9 aromatic rings. The number of nitrogens with zero attached hydrogens (tertiary/aromatic N) is 4. The predicted molar refractivity (Wildman–Crippen MR) is 291 cm³/mol. The normalized spacial score (nSPS) is 11.3. The molecule has 0 unspecified atom stereocenters. The minimum atomic E-state index is -5.80. The summed E-state index contributed by atoms with van der Waals surface area (Å²) in [6.45, 7) is 10.3. The first-order chi connectivity index (χ1) is 33.7. The van der Waals surface area contributed by atoms with E-state index in [1.807, 2.05) is 80.6 Å². The Morgan fingerprint density at radius 3 is 1.44 bits per heavy atom. The zero-order valence-corrected chi connectivity index (χ0v) is 46.0. The number of nitrogens with one attached hydrogen (secondary N) is 1. The molecule has 0 radical (unpaired) electrons. The Balaban J connectivity index is 0.000000160. The van der Waals surface area contributed by atoms with Gasteiger partial charge in [-0.15, -0.1) is 34.0 Å². The fraction of sp³-hybridized carbons (Fsp3) is 0.152. The number of nitro benzene ring substituents is 2. The average molecular weight is 1170 g/mol. The smallest absolute Gasteiger partial charge is 0.399 e. The van der Waals surface area contributed by atoms with Crippen molar-refractivity contribution in [3.63, 3.8) is 0 Å². The van der Waals surface area contributed by atoms with Gasteiger partial charge in [-0.25, -0.2) is 9.97 Å². The first-order valence-corrected chi connectivity index (χ1v) is 27.4. The van der Waals surface area contributed by atoms with Crippen LogP contribution in [0.1, 0.15) is 33.4 Å². The number of hydrogen-bond acceptors (Lipinski definition) is 16. The molecule has 3 aromatic heterocycles. The van der Waals surface area contributed by atoms with Crippen LogP contribution in [0.25, 0.3) is 30.6 Å². The number of non-ortho nitro benzene ring substituents is 2. The van der Waals surface area contributed by atoms with E-state index in [1.165, 1.54) is 41.6 Å². The summed E-state index contributed by atoms with van der Waals surface area (Å²) >= 11 is 30.8. The van der Waals surface area contributed by atoms with E-state index in [2.05, 4.69) is 33.0 Å². The first-order valence-electron chi connectivity index (χ1n) is 20.3. The number of nitrogens with two attached hydrogens (primary N) is 1. The third-order valence-electron chi connectivity index (χ3n) is 9.69. The minimum Gasteiger partial charge on any atom is -0.399 e. The van der Waals surface area contributed by atoms with Gasteiger partial charge in [0.1, 0.15) is 5.75 Å². The van der Waals surface area contributed by atoms with Crippen LogP contribution in [0.2, 0.25) is 15.1 Å². The first kappa shape index (κ1) is 56.2. The molecule has 3 N–H and O–H groups in total. The molecule has 0 amide bonds. The Kier molecular flexibility index (Phi) is 18.3. The Hall–Kier alpha value is -5.08. The molecule has 0 spiro atoms. The number of H-pyrrole nitrogens is 1. The molecule has 0 saturated heterocycles. The van der Waals surface area contributed by atoms with E-state index in [0.717, 1.165) is 87.2 Å². The average Bonchev–Trinajstić information content (AvgIpc) is 3.99. The monoisotopic (exact) mass is 1170 g/mol. The van der Waals surface area contributed by atoms with Gasteiger partial charge in [0.25, 0.3) is 11.4 Å². The fourth-order valence-corrected chi connectivity index (χ4v) is 13.0. The van der Waals surface area contributed by atoms with E-state index < -0.39 is 26.3 Å². The van der Waals surface area contributed by atoms with E-state index in [-0.39, 0.29) is 27.4 Å². The zero-order chi connectivity index (χ0) is 53.0. The van der Waals surface area contributed by atoms with Crippen molar-refractivity contribution < 1.29 is 35.6 Å². The highest BCUT2D eigenvalue weighted by molar-refractivity contribution is 8.01. The van der Waals surface area contributed by atoms with Gasteiger partial charge in [0.15, 0.2) is 12.6 Å². The number of rotatable bonds is 8. The molecule has 0 aliphatic rings. The molecule has 6 aromatic carbocycles. The lowest BCUT2D eigenvalue weighted by Crippen LogP contribution is -2.28. The summed E-state index contributed by atoms with van der Waals surface area (Å²) in [7, 11) is -5.80. The SMILES string of the molecule is Cc1cc(N)cc(C)c1Sc1nc2cc(Cl)ccc2s1.Cc1cc([N+](=O)[O-])cc(C)c1OS(=O)(=O)C(F)(F)F.Cc1cc([N+](=O)[O-])cc(C)c1Sc1nc2cc(Cl)ccc2s1.S=c1[nH]c2cc(Cl)ccc2s1. The molecule has 26 heteroatoms. The minimum absolute atomic E-state index is 0.0838. The van der Waals surface area contributed by atoms with E-state index in [9.17, 15) is 41.8 Å². The van der Waals surface area contributed by atoms with Crippen LogP contribution in [-0.4, -0.2) is 38.7 Å². The van der Waals surface area contributed by atoms with Crippen molar-refractivity contribution in [2.75, 3.05) is 5.73 Å². The second-order valence-corrected chi connectivity index (χ2v) is 24.5. The summed E-state index contributed by atoms with van der Waals surface area (Å²) in [5.74, 6) is -0.567. The number of anilines is 1. The maximum Gasteiger partial charge on any atom is 0.534 e. The molecule has 3 heterocycles. The number of nitrogen functional groups attached to an aromatic ring is 1. The zero-order valence-electron chi connectivity index (χ0n) is 38.0. The Labute approximate surface area is 450 Å². The fourth-order valence-electron chi connectivity index (χ4n) is 6.60. The van der Waals surface area contributed by atoms with Gasteiger partial charge in [0, 0.05) is 54.8 Å². The highest BCUT2D eigenvalue weighted by atomic mass is 35.5. The van der Waals surface area contributed by atoms with Crippen molar-refractivity contribution in [2.45, 2.75) is 65.5 Å². The van der Waals surface area contributed by atoms with Crippen molar-refractivity contribution in [1.29, 1.82) is 0 Å². The molecule has 376 valence electrons. The highest BCUT2D eigenvalue weighted by Crippen LogP contribution is 2.41. The number of fused-ring (bicyclic) bond motifs is 3. The number of alkyl halides is 3. The number of benzene rings is 6. The number of aromatic nitrogens is 3. The van der Waals surface area contributed by atoms with Crippen LogP contribution in [0.5, 0.6) is 5.75 Å². The third kappa shape index (κ3) is 14.4. The molecule has 0 aliphatic heterocycles. The van der Waals surface area contributed by atoms with Crippen LogP contribution >= 0.6 is 105 Å². The van der Waals surface area contributed by atoms with Gasteiger partial charge < -0.3 is 14.9 Å². The predicted octanol–water partition coefficient (Wildman–Crippen LogP) is 17.0. The maximum atomic E-state index is 12.2. The van der Waals surface area contributed by atoms with Gasteiger partial charge in [-0.2, -0.15) is 21.6 Å². The van der Waals surface area contributed by atoms with Crippen molar-refractivity contribution in [3.8, 4) is 5.75 Å². The van der Waals surface area contributed by atoms with E-state index in [4.69, 9.17) is 52.8 Å². The molecule has 0 atom stereocenters. The highest BCUT2D eigenvalue weighted by Gasteiger charge is 2.49. The van der Waals surface area contributed by atoms with Gasteiger partial charge in [-0.05, 0) is 154 Å². The number of hydrogen-bond donors (Lipinski definition) is 2. The lowest BCUT2D eigenvalue weighted by atomic mass is 10.1. The quantitative estimate of drug-likeness (QED) is 0.0364. The van der Waals surface area contributed by atoms with Crippen LogP contribution in [-0.2, 0) is 10.1 Å². The second-order valence-electron chi connectivity index (χ2n) is 15.3. The summed E-state index contributed by atoms with van der Waals surface area (Å²) in [4.78, 5) is 34.8. The standard InChI is InChI=1S/C15H11ClN2O2S2.C15H13ClN2S2.C9H8F3NO5S.C7H4ClNS2/c1-8-5-11(18(19)20)6-9(2)14(8)22-15-17-12-7-10(16)3-4-13(12)21-15;1-8-5-11(17)6-9(2)14(8)20-15-18-12-7-10(16)3-4-13(12)19-15;1-5-3-7(13(14)15)4-6(2)8(5)18-19(16,17)9(10,11)12;8-4-1-2-6-5(3-4)9-7(10)11-6/h3-7H,1-2H3;3-7H,17H2,1-2H3;3-4H,1-2H3;1-3H,(H,9,10). The number of aryl methyl sites for hydroxylation is 6. The largest absolute Gasteiger partial charge is 0.534 e. The van der Waals surface area contributed by atoms with Crippen LogP contribution in [0.4, 0.5) is 30.2 Å². The maximum absolute atomic E-state index is 12.2. The van der Waals surface area contributed by atoms with Gasteiger partial charge in [0.2, 0.25) is 0 Å². The number of halogens is 6. The van der Waals surface area contributed by atoms with Gasteiger partial charge in [-0.3, -0.25) is 20.2 Å². The van der Waals surface area contributed by atoms with E-state index in [0.29, 0.717) is 5.02 Å². The number of nitro groups is 2. The molecule has 13 nitrogen and oxygen atoms in total. The molecular weight excluding hydrogens is 1140 g/mol. The third-order valence-corrected chi connectivity index (χ3v) is 17.5. The lowest BCUT2D eigenvalue weighted by molar-refractivity contribution is -0.385. The Morgan fingerprint density at radius 2 is 1.03 bits per heavy atom. The molecular formula is C46H36Cl3F3N6O7S7. The topological polar surface area (TPSA) is 197 Å². The van der Waals surface area contributed by atoms with Crippen LogP contribution in [0.3, 0.4) is 0 Å². The summed E-state index contributed by atoms with van der Waals surface area (Å²) < 4.78 is 68.3. The molecule has 0 aliphatic carbocycles. The molecule has 0 saturated carbocycles. The van der Waals surface area contributed by atoms with Crippen molar-refractivity contribution >= 4 is 162 Å². The Bertz CT molecular complexity index is 3650. The molecule has 0 fully saturated rings. The number of thiazole rings is 3. The van der Waals surface area contributed by atoms with Gasteiger partial charge >= 0.3 is 15.6 Å². The van der Waals surface area contributed by atoms with E-state index in [1.54, 1.807) is 57.9 Å². The van der Waals surface area contributed by atoms with Crippen LogP contribution in [0.15, 0.2) is 109 Å². The van der Waals surface area contributed by atoms with Crippen molar-refractivity contribution in [2.24, 2.45) is 0 Å². The molecule has 0 bridgehead atoms. The Morgan fingerprint density at radius 1 is 0.639 bits per heavy atom. The lowest BCUT2D eigenvalue weighted by Gasteiger charge is -2.13. The molecule has 72 heavy (non-hydrogen) atoms. The van der Waals surface area contributed by atoms with Crippen LogP contribution < -0.4 is 9.92 Å². The van der Waals surface area contributed by atoms with Gasteiger partial charge in [-0.1, -0.05) is 58.3 Å². The van der Waals surface area contributed by atoms with Crippen LogP contribution in [0, 0.1) is 65.7 Å². The summed E-state index contributed by atoms with van der Waals surface area (Å²) in [5, 5.41) is 23.6. The summed E-state index contributed by atoms with van der Waals surface area (Å²) in [5.41, 5.74) is 7.68. The van der Waals surface area contributed by atoms with Crippen molar-refractivity contribution in [1.82, 2.24) is 15.0 Å². The summed E-state index contributed by atoms with van der Waals surface area (Å²) in [6.07, 6.45) is 0. The number of aromatic amines is 1.